The van der Waals surface area contributed by atoms with E-state index in [4.69, 9.17) is 9.47 Å². The fourth-order valence-corrected chi connectivity index (χ4v) is 3.68. The summed E-state index contributed by atoms with van der Waals surface area (Å²) in [6.07, 6.45) is 0. The van der Waals surface area contributed by atoms with Gasteiger partial charge in [-0.2, -0.15) is 0 Å². The average molecular weight is 312 g/mol. The first-order valence-electron chi connectivity index (χ1n) is 6.79. The van der Waals surface area contributed by atoms with Crippen molar-refractivity contribution in [3.63, 3.8) is 0 Å². The molecular formula is C16H24O4S. The van der Waals surface area contributed by atoms with Crippen LogP contribution in [0.15, 0.2) is 0 Å². The third kappa shape index (κ3) is 3.46. The molecule has 21 heavy (non-hydrogen) atoms. The molecule has 0 unspecified atom stereocenters. The Bertz CT molecular complexity index is 556. The van der Waals surface area contributed by atoms with Crippen molar-refractivity contribution in [3.8, 4) is 0 Å². The van der Waals surface area contributed by atoms with Crippen LogP contribution in [0.25, 0.3) is 0 Å². The Morgan fingerprint density at radius 3 is 1.67 bits per heavy atom. The Morgan fingerprint density at radius 1 is 0.857 bits per heavy atom. The van der Waals surface area contributed by atoms with Crippen LogP contribution in [-0.2, 0) is 20.3 Å². The number of hydrogen-bond acceptors (Lipinski definition) is 5. The molecule has 0 bridgehead atoms. The molecule has 4 nitrogen and oxygen atoms in total. The molecule has 0 radical (unpaired) electrons. The van der Waals surface area contributed by atoms with Gasteiger partial charge in [-0.1, -0.05) is 41.5 Å². The first-order chi connectivity index (χ1) is 9.45. The standard InChI is InChI=1S/C16H24O4S/c1-15(2,3)10-9(13(17)19-7)11(14(18)20-8)21-12(10)16(4,5)6/h1-8H3. The van der Waals surface area contributed by atoms with Gasteiger partial charge in [-0.3, -0.25) is 0 Å². The third-order valence-corrected chi connectivity index (χ3v) is 4.70. The fraction of sp³-hybridized carbons (Fsp3) is 0.625. The predicted molar refractivity (Wildman–Crippen MR) is 84.4 cm³/mol. The summed E-state index contributed by atoms with van der Waals surface area (Å²) in [5.74, 6) is -0.992. The molecule has 1 rings (SSSR count). The predicted octanol–water partition coefficient (Wildman–Crippen LogP) is 3.92. The van der Waals surface area contributed by atoms with E-state index < -0.39 is 11.9 Å². The van der Waals surface area contributed by atoms with Crippen LogP contribution in [-0.4, -0.2) is 26.2 Å². The van der Waals surface area contributed by atoms with Gasteiger partial charge in [-0.25, -0.2) is 9.59 Å². The van der Waals surface area contributed by atoms with Crippen LogP contribution in [0.3, 0.4) is 0 Å². The second-order valence-corrected chi connectivity index (χ2v) is 8.01. The lowest BCUT2D eigenvalue weighted by atomic mass is 9.78. The molecule has 1 aromatic heterocycles. The number of carbonyl (C=O) groups is 2. The van der Waals surface area contributed by atoms with Gasteiger partial charge in [0.25, 0.3) is 0 Å². The lowest BCUT2D eigenvalue weighted by Gasteiger charge is -2.27. The molecule has 0 fully saturated rings. The number of carbonyl (C=O) groups excluding carboxylic acids is 2. The summed E-state index contributed by atoms with van der Waals surface area (Å²) in [5.41, 5.74) is 0.746. The summed E-state index contributed by atoms with van der Waals surface area (Å²) in [6.45, 7) is 12.3. The number of hydrogen-bond donors (Lipinski definition) is 0. The van der Waals surface area contributed by atoms with Gasteiger partial charge in [0.15, 0.2) is 0 Å². The molecule has 5 heteroatoms. The van der Waals surface area contributed by atoms with E-state index in [9.17, 15) is 9.59 Å². The van der Waals surface area contributed by atoms with Gasteiger partial charge < -0.3 is 9.47 Å². The average Bonchev–Trinajstić information content (AvgIpc) is 2.76. The van der Waals surface area contributed by atoms with E-state index in [-0.39, 0.29) is 10.8 Å². The minimum absolute atomic E-state index is 0.178. The second-order valence-electron chi connectivity index (χ2n) is 6.99. The van der Waals surface area contributed by atoms with Gasteiger partial charge >= 0.3 is 11.9 Å². The Kier molecular flexibility index (Phi) is 4.88. The molecule has 118 valence electrons. The lowest BCUT2D eigenvalue weighted by Crippen LogP contribution is -2.23. The molecule has 0 aromatic carbocycles. The highest BCUT2D eigenvalue weighted by molar-refractivity contribution is 7.14. The summed E-state index contributed by atoms with van der Waals surface area (Å²) >= 11 is 1.32. The van der Waals surface area contributed by atoms with Gasteiger partial charge in [0.2, 0.25) is 0 Å². The van der Waals surface area contributed by atoms with Crippen LogP contribution in [0.2, 0.25) is 0 Å². The highest BCUT2D eigenvalue weighted by Crippen LogP contribution is 2.43. The maximum atomic E-state index is 12.2. The van der Waals surface area contributed by atoms with Crippen molar-refractivity contribution >= 4 is 23.3 Å². The number of rotatable bonds is 2. The van der Waals surface area contributed by atoms with Crippen LogP contribution in [0.5, 0.6) is 0 Å². The van der Waals surface area contributed by atoms with E-state index in [0.717, 1.165) is 10.4 Å². The maximum absolute atomic E-state index is 12.2. The molecule has 0 amide bonds. The first kappa shape index (κ1) is 17.7. The van der Waals surface area contributed by atoms with Crippen LogP contribution in [0.4, 0.5) is 0 Å². The molecule has 0 atom stereocenters. The van der Waals surface area contributed by atoms with Gasteiger partial charge in [-0.05, 0) is 16.4 Å². The van der Waals surface area contributed by atoms with E-state index >= 15 is 0 Å². The highest BCUT2D eigenvalue weighted by Gasteiger charge is 2.37. The van der Waals surface area contributed by atoms with Crippen LogP contribution >= 0.6 is 11.3 Å². The zero-order valence-electron chi connectivity index (χ0n) is 14.0. The summed E-state index contributed by atoms with van der Waals surface area (Å²) in [7, 11) is 2.64. The summed E-state index contributed by atoms with van der Waals surface area (Å²) in [4.78, 5) is 25.6. The van der Waals surface area contributed by atoms with Gasteiger partial charge in [0.05, 0.1) is 19.8 Å². The van der Waals surface area contributed by atoms with Crippen LogP contribution in [0.1, 0.15) is 72.0 Å². The minimum atomic E-state index is -0.499. The Morgan fingerprint density at radius 2 is 1.33 bits per heavy atom. The molecule has 0 aliphatic carbocycles. The Hall–Kier alpha value is -1.36. The smallest absolute Gasteiger partial charge is 0.348 e. The normalized spacial score (nSPS) is 12.2. The van der Waals surface area contributed by atoms with Crippen LogP contribution < -0.4 is 0 Å². The Labute approximate surface area is 130 Å². The zero-order chi connectivity index (χ0) is 16.6. The molecule has 0 saturated heterocycles. The van der Waals surface area contributed by atoms with Crippen molar-refractivity contribution in [3.05, 3.63) is 20.9 Å². The topological polar surface area (TPSA) is 52.6 Å². The van der Waals surface area contributed by atoms with E-state index in [1.54, 1.807) is 0 Å². The first-order valence-corrected chi connectivity index (χ1v) is 7.61. The molecular weight excluding hydrogens is 288 g/mol. The molecule has 0 spiro atoms. The quantitative estimate of drug-likeness (QED) is 0.777. The lowest BCUT2D eigenvalue weighted by molar-refractivity contribution is 0.0558. The van der Waals surface area contributed by atoms with Gasteiger partial charge in [0.1, 0.15) is 4.88 Å². The monoisotopic (exact) mass is 312 g/mol. The van der Waals surface area contributed by atoms with Crippen molar-refractivity contribution in [1.82, 2.24) is 0 Å². The van der Waals surface area contributed by atoms with Gasteiger partial charge in [-0.15, -0.1) is 11.3 Å². The summed E-state index contributed by atoms with van der Waals surface area (Å²) in [5, 5.41) is 0. The van der Waals surface area contributed by atoms with Gasteiger partial charge in [0, 0.05) is 4.88 Å². The van der Waals surface area contributed by atoms with E-state index in [1.807, 2.05) is 20.8 Å². The second kappa shape index (κ2) is 5.79. The fourth-order valence-electron chi connectivity index (χ4n) is 2.21. The largest absolute Gasteiger partial charge is 0.465 e. The van der Waals surface area contributed by atoms with Crippen molar-refractivity contribution in [1.29, 1.82) is 0 Å². The number of esters is 2. The van der Waals surface area contributed by atoms with E-state index in [0.29, 0.717) is 10.4 Å². The van der Waals surface area contributed by atoms with Crippen LogP contribution in [0, 0.1) is 0 Å². The van der Waals surface area contributed by atoms with E-state index in [2.05, 4.69) is 20.8 Å². The summed E-state index contributed by atoms with van der Waals surface area (Å²) in [6, 6.07) is 0. The number of ether oxygens (including phenoxy) is 2. The van der Waals surface area contributed by atoms with E-state index in [1.165, 1.54) is 25.6 Å². The Balaban J connectivity index is 3.82. The zero-order valence-corrected chi connectivity index (χ0v) is 14.9. The van der Waals surface area contributed by atoms with Crippen molar-refractivity contribution < 1.29 is 19.1 Å². The molecule has 0 aliphatic heterocycles. The summed E-state index contributed by atoms with van der Waals surface area (Å²) < 4.78 is 9.72. The number of methoxy groups -OCH3 is 2. The van der Waals surface area contributed by atoms with Crippen molar-refractivity contribution in [2.24, 2.45) is 0 Å². The SMILES string of the molecule is COC(=O)c1sc(C(C)(C)C)c(C(C)(C)C)c1C(=O)OC. The molecule has 1 heterocycles. The molecule has 0 N–H and O–H groups in total. The van der Waals surface area contributed by atoms with Crippen molar-refractivity contribution in [2.75, 3.05) is 14.2 Å². The van der Waals surface area contributed by atoms with Crippen molar-refractivity contribution in [2.45, 2.75) is 52.4 Å². The molecule has 0 saturated carbocycles. The maximum Gasteiger partial charge on any atom is 0.348 e. The molecule has 0 aliphatic rings. The third-order valence-electron chi connectivity index (χ3n) is 3.10. The highest BCUT2D eigenvalue weighted by atomic mass is 32.1. The number of thiophene rings is 1. The minimum Gasteiger partial charge on any atom is -0.465 e. The molecule has 1 aromatic rings.